The second kappa shape index (κ2) is 11.3. The van der Waals surface area contributed by atoms with Crippen molar-refractivity contribution >= 4 is 82.0 Å². The standard InChI is InChI=1S/C24H23Cl3N4O5S2/c25-14-6-16(27)17(7-15(14)26)37-10-18(32)29-19-22(34)31-20(24(35)36)12(9-38-23(19)31)5-11-2-4-30(21(11)33)13-1-3-28-8-13/h5-7,13,19,23,28H,1-4,8-10H2,(H,29,32)(H,35,36)/b11-5+. The Kier molecular flexibility index (Phi) is 8.23. The Morgan fingerprint density at radius 2 is 1.97 bits per heavy atom. The molecule has 3 N–H and O–H groups in total. The van der Waals surface area contributed by atoms with Crippen molar-refractivity contribution in [3.05, 3.63) is 50.1 Å². The maximum Gasteiger partial charge on any atom is 0.352 e. The predicted molar refractivity (Wildman–Crippen MR) is 148 cm³/mol. The van der Waals surface area contributed by atoms with Gasteiger partial charge in [0.25, 0.3) is 5.91 Å². The van der Waals surface area contributed by atoms with Gasteiger partial charge in [-0.2, -0.15) is 0 Å². The molecule has 0 radical (unpaired) electrons. The lowest BCUT2D eigenvalue weighted by atomic mass is 10.0. The zero-order valence-electron chi connectivity index (χ0n) is 19.8. The number of amides is 3. The maximum atomic E-state index is 13.0. The monoisotopic (exact) mass is 616 g/mol. The first kappa shape index (κ1) is 27.7. The number of halogens is 3. The van der Waals surface area contributed by atoms with Crippen LogP contribution in [-0.2, 0) is 19.2 Å². The molecule has 5 rings (SSSR count). The minimum Gasteiger partial charge on any atom is -0.477 e. The van der Waals surface area contributed by atoms with Gasteiger partial charge in [0.2, 0.25) is 11.8 Å². The Morgan fingerprint density at radius 1 is 1.21 bits per heavy atom. The Hall–Kier alpha value is -1.89. The van der Waals surface area contributed by atoms with E-state index in [0.29, 0.717) is 49.8 Å². The SMILES string of the molecule is O=C(CSc1cc(Cl)c(Cl)cc1Cl)NC1C(=O)N2C(C(=O)O)=C(/C=C3\CCN(C4CCNC4)C3=O)CSC12. The summed E-state index contributed by atoms with van der Waals surface area (Å²) in [6, 6.07) is 2.36. The van der Waals surface area contributed by atoms with Gasteiger partial charge in [-0.3, -0.25) is 19.3 Å². The normalized spacial score (nSPS) is 26.2. The molecule has 0 aromatic heterocycles. The topological polar surface area (TPSA) is 119 Å². The highest BCUT2D eigenvalue weighted by atomic mass is 35.5. The summed E-state index contributed by atoms with van der Waals surface area (Å²) < 4.78 is 0. The summed E-state index contributed by atoms with van der Waals surface area (Å²) in [5, 5.41) is 16.3. The lowest BCUT2D eigenvalue weighted by Gasteiger charge is -2.49. The number of carboxylic acids is 1. The molecule has 14 heteroatoms. The molecule has 3 amide bonds. The fourth-order valence-electron chi connectivity index (χ4n) is 4.96. The van der Waals surface area contributed by atoms with Crippen LogP contribution in [0.4, 0.5) is 0 Å². The highest BCUT2D eigenvalue weighted by Crippen LogP contribution is 2.41. The van der Waals surface area contributed by atoms with Gasteiger partial charge >= 0.3 is 5.97 Å². The Labute approximate surface area is 242 Å². The number of carboxylic acid groups (broad SMARTS) is 1. The fourth-order valence-corrected chi connectivity index (χ4v) is 7.81. The third-order valence-corrected chi connectivity index (χ3v) is 10.3. The van der Waals surface area contributed by atoms with Crippen molar-refractivity contribution in [1.29, 1.82) is 0 Å². The molecule has 1 aromatic rings. The van der Waals surface area contributed by atoms with E-state index < -0.39 is 29.2 Å². The number of hydrogen-bond acceptors (Lipinski definition) is 7. The fraction of sp³-hybridized carbons (Fsp3) is 0.417. The van der Waals surface area contributed by atoms with E-state index in [1.165, 1.54) is 22.7 Å². The second-order valence-electron chi connectivity index (χ2n) is 9.18. The van der Waals surface area contributed by atoms with Crippen molar-refractivity contribution in [1.82, 2.24) is 20.4 Å². The summed E-state index contributed by atoms with van der Waals surface area (Å²) in [4.78, 5) is 54.3. The molecule has 38 heavy (non-hydrogen) atoms. The number of carbonyl (C=O) groups is 4. The molecule has 9 nitrogen and oxygen atoms in total. The minimum absolute atomic E-state index is 0.0209. The number of hydrogen-bond donors (Lipinski definition) is 3. The highest BCUT2D eigenvalue weighted by molar-refractivity contribution is 8.00. The Balaban J connectivity index is 1.25. The van der Waals surface area contributed by atoms with Gasteiger partial charge in [-0.15, -0.1) is 23.5 Å². The number of carbonyl (C=O) groups excluding carboxylic acids is 3. The van der Waals surface area contributed by atoms with E-state index in [4.69, 9.17) is 34.8 Å². The lowest BCUT2D eigenvalue weighted by molar-refractivity contribution is -0.150. The number of allylic oxidation sites excluding steroid dienone is 1. The van der Waals surface area contributed by atoms with E-state index in [0.717, 1.165) is 31.3 Å². The van der Waals surface area contributed by atoms with Crippen molar-refractivity contribution in [3.8, 4) is 0 Å². The van der Waals surface area contributed by atoms with Gasteiger partial charge in [-0.25, -0.2) is 4.79 Å². The number of likely N-dealkylation sites (tertiary alicyclic amines) is 1. The van der Waals surface area contributed by atoms with E-state index in [1.807, 2.05) is 4.90 Å². The van der Waals surface area contributed by atoms with Crippen LogP contribution in [-0.4, -0.2) is 87.2 Å². The summed E-state index contributed by atoms with van der Waals surface area (Å²) in [5.74, 6) is -1.94. The van der Waals surface area contributed by atoms with Crippen LogP contribution >= 0.6 is 58.3 Å². The minimum atomic E-state index is -1.24. The molecule has 3 fully saturated rings. The third kappa shape index (κ3) is 5.29. The van der Waals surface area contributed by atoms with Crippen molar-refractivity contribution < 1.29 is 24.3 Å². The van der Waals surface area contributed by atoms with Crippen molar-refractivity contribution in [2.45, 2.75) is 35.2 Å². The number of rotatable bonds is 7. The van der Waals surface area contributed by atoms with Gasteiger partial charge in [0, 0.05) is 35.4 Å². The number of fused-ring (bicyclic) bond motifs is 1. The van der Waals surface area contributed by atoms with Crippen LogP contribution in [0.1, 0.15) is 12.8 Å². The lowest BCUT2D eigenvalue weighted by Crippen LogP contribution is -2.70. The predicted octanol–water partition coefficient (Wildman–Crippen LogP) is 3.00. The molecule has 0 bridgehead atoms. The van der Waals surface area contributed by atoms with Crippen LogP contribution in [0.3, 0.4) is 0 Å². The summed E-state index contributed by atoms with van der Waals surface area (Å²) in [6.07, 6.45) is 3.06. The van der Waals surface area contributed by atoms with Gasteiger partial charge in [-0.1, -0.05) is 34.8 Å². The van der Waals surface area contributed by atoms with E-state index >= 15 is 0 Å². The molecule has 3 atom stereocenters. The zero-order chi connectivity index (χ0) is 27.1. The number of nitrogens with one attached hydrogen (secondary N) is 2. The highest BCUT2D eigenvalue weighted by Gasteiger charge is 2.54. The number of benzene rings is 1. The maximum absolute atomic E-state index is 13.0. The van der Waals surface area contributed by atoms with Gasteiger partial charge < -0.3 is 20.6 Å². The molecule has 0 spiro atoms. The zero-order valence-corrected chi connectivity index (χ0v) is 23.7. The number of aliphatic carboxylic acids is 1. The average molecular weight is 618 g/mol. The van der Waals surface area contributed by atoms with Gasteiger partial charge in [0.15, 0.2) is 0 Å². The second-order valence-corrected chi connectivity index (χ2v) is 12.5. The van der Waals surface area contributed by atoms with Crippen LogP contribution in [0.25, 0.3) is 0 Å². The van der Waals surface area contributed by atoms with Crippen LogP contribution in [0.5, 0.6) is 0 Å². The van der Waals surface area contributed by atoms with Crippen LogP contribution < -0.4 is 10.6 Å². The molecule has 3 unspecified atom stereocenters. The largest absolute Gasteiger partial charge is 0.477 e. The molecule has 4 aliphatic heterocycles. The summed E-state index contributed by atoms with van der Waals surface area (Å²) >= 11 is 20.6. The van der Waals surface area contributed by atoms with E-state index in [1.54, 1.807) is 12.1 Å². The van der Waals surface area contributed by atoms with Gasteiger partial charge in [-0.05, 0) is 43.2 Å². The van der Waals surface area contributed by atoms with Crippen molar-refractivity contribution in [2.24, 2.45) is 0 Å². The molecule has 0 saturated carbocycles. The molecule has 4 heterocycles. The summed E-state index contributed by atoms with van der Waals surface area (Å²) in [6.45, 7) is 2.23. The number of thioether (sulfide) groups is 2. The van der Waals surface area contributed by atoms with Crippen LogP contribution in [0.15, 0.2) is 39.9 Å². The first-order valence-corrected chi connectivity index (χ1v) is 15.0. The molecular weight excluding hydrogens is 595 g/mol. The molecule has 3 saturated heterocycles. The van der Waals surface area contributed by atoms with Crippen LogP contribution in [0, 0.1) is 0 Å². The first-order chi connectivity index (χ1) is 18.2. The van der Waals surface area contributed by atoms with Crippen molar-refractivity contribution in [2.75, 3.05) is 31.1 Å². The molecule has 4 aliphatic rings. The third-order valence-electron chi connectivity index (χ3n) is 6.83. The molecular formula is C24H23Cl3N4O5S2. The number of β-lactam (4-membered cyclic amide) rings is 1. The quantitative estimate of drug-likeness (QED) is 0.185. The number of nitrogens with zero attached hydrogens (tertiary/aromatic N) is 2. The van der Waals surface area contributed by atoms with Crippen molar-refractivity contribution in [3.63, 3.8) is 0 Å². The van der Waals surface area contributed by atoms with Gasteiger partial charge in [0.1, 0.15) is 17.1 Å². The Bertz CT molecular complexity index is 1280. The average Bonchev–Trinajstić information content (AvgIpc) is 3.53. The van der Waals surface area contributed by atoms with E-state index in [9.17, 15) is 24.3 Å². The molecule has 1 aromatic carbocycles. The smallest absolute Gasteiger partial charge is 0.352 e. The summed E-state index contributed by atoms with van der Waals surface area (Å²) in [5.41, 5.74) is 0.847. The van der Waals surface area contributed by atoms with E-state index in [2.05, 4.69) is 10.6 Å². The molecule has 0 aliphatic carbocycles. The van der Waals surface area contributed by atoms with E-state index in [-0.39, 0.29) is 23.4 Å². The molecule has 202 valence electrons. The van der Waals surface area contributed by atoms with Crippen LogP contribution in [0.2, 0.25) is 15.1 Å². The van der Waals surface area contributed by atoms with Gasteiger partial charge in [0.05, 0.1) is 20.8 Å². The Morgan fingerprint density at radius 3 is 2.68 bits per heavy atom. The first-order valence-electron chi connectivity index (χ1n) is 11.9. The summed E-state index contributed by atoms with van der Waals surface area (Å²) in [7, 11) is 0.